The summed E-state index contributed by atoms with van der Waals surface area (Å²) in [7, 11) is 0. The number of pyridine rings is 1. The molecule has 6 nitrogen and oxygen atoms in total. The second-order valence-corrected chi connectivity index (χ2v) is 8.66. The van der Waals surface area contributed by atoms with Crippen LogP contribution in [0, 0.1) is 5.82 Å². The molecule has 0 unspecified atom stereocenters. The van der Waals surface area contributed by atoms with Crippen molar-refractivity contribution in [2.45, 2.75) is 19.6 Å². The van der Waals surface area contributed by atoms with E-state index in [2.05, 4.69) is 40.2 Å². The van der Waals surface area contributed by atoms with E-state index in [0.717, 1.165) is 5.56 Å². The molecule has 8 heteroatoms. The van der Waals surface area contributed by atoms with Crippen molar-refractivity contribution in [3.63, 3.8) is 0 Å². The van der Waals surface area contributed by atoms with Gasteiger partial charge in [0.05, 0.1) is 18.8 Å². The number of hydrogen-bond donors (Lipinski definition) is 1. The van der Waals surface area contributed by atoms with Gasteiger partial charge >= 0.3 is 6.09 Å². The number of nitrogens with one attached hydrogen (secondary N) is 1. The summed E-state index contributed by atoms with van der Waals surface area (Å²) in [4.78, 5) is 24.7. The van der Waals surface area contributed by atoms with Gasteiger partial charge in [-0.25, -0.2) is 13.8 Å². The fraction of sp³-hybridized carbons (Fsp3) is 0.179. The van der Waals surface area contributed by atoms with E-state index in [4.69, 9.17) is 4.74 Å². The van der Waals surface area contributed by atoms with Crippen LogP contribution in [0.1, 0.15) is 12.5 Å². The van der Waals surface area contributed by atoms with Crippen molar-refractivity contribution in [1.29, 1.82) is 0 Å². The lowest BCUT2D eigenvalue weighted by Crippen LogP contribution is -3.00. The highest BCUT2D eigenvalue weighted by molar-refractivity contribution is 5.90. The van der Waals surface area contributed by atoms with E-state index in [-0.39, 0.29) is 36.0 Å². The first-order valence-corrected chi connectivity index (χ1v) is 11.5. The van der Waals surface area contributed by atoms with Gasteiger partial charge in [0, 0.05) is 30.2 Å². The second kappa shape index (κ2) is 10.9. The molecule has 3 aromatic carbocycles. The summed E-state index contributed by atoms with van der Waals surface area (Å²) in [6.45, 7) is 2.58. The number of nitrogens with zero attached hydrogens (tertiary/aromatic N) is 2. The Bertz CT molecular complexity index is 1410. The lowest BCUT2D eigenvalue weighted by Gasteiger charge is -2.14. The Morgan fingerprint density at radius 2 is 1.81 bits per heavy atom. The zero-order valence-electron chi connectivity index (χ0n) is 19.7. The monoisotopic (exact) mass is 549 g/mol. The molecular weight excluding hydrogens is 525 g/mol. The summed E-state index contributed by atoms with van der Waals surface area (Å²) < 4.78 is 22.3. The number of halogens is 2. The molecular formula is C28H25BrFN3O3. The standard InChI is InChI=1S/C28H24FN3O3.BrH/c1-19(33)30-16-25-18-32(28(34)35-25)24-8-9-26(27(29)15-24)22-10-12-31(13-11-22)17-20-6-7-21-4-2-3-5-23(21)14-20;/h2-15,25H,16-18H2,1H3;1H/t25-;/m0./s1. The average molecular weight is 550 g/mol. The number of amides is 2. The lowest BCUT2D eigenvalue weighted by molar-refractivity contribution is -0.688. The van der Waals surface area contributed by atoms with Crippen molar-refractivity contribution in [3.05, 3.63) is 96.6 Å². The van der Waals surface area contributed by atoms with Gasteiger partial charge in [0.15, 0.2) is 18.9 Å². The Hall–Kier alpha value is -3.78. The molecule has 0 spiro atoms. The fourth-order valence-corrected chi connectivity index (χ4v) is 4.29. The topological polar surface area (TPSA) is 62.5 Å². The zero-order chi connectivity index (χ0) is 24.4. The molecule has 0 saturated carbocycles. The molecule has 2 heterocycles. The molecule has 2 amide bonds. The molecule has 36 heavy (non-hydrogen) atoms. The van der Waals surface area contributed by atoms with E-state index in [9.17, 15) is 9.59 Å². The first-order chi connectivity index (χ1) is 17.0. The maximum Gasteiger partial charge on any atom is 0.414 e. The number of cyclic esters (lactones) is 1. The minimum atomic E-state index is -0.554. The van der Waals surface area contributed by atoms with Crippen LogP contribution in [0.3, 0.4) is 0 Å². The number of carbonyl (C=O) groups is 2. The first-order valence-electron chi connectivity index (χ1n) is 11.5. The van der Waals surface area contributed by atoms with Crippen LogP contribution in [-0.2, 0) is 16.1 Å². The van der Waals surface area contributed by atoms with Crippen LogP contribution in [-0.4, -0.2) is 31.2 Å². The van der Waals surface area contributed by atoms with Gasteiger partial charge in [-0.05, 0) is 40.6 Å². The summed E-state index contributed by atoms with van der Waals surface area (Å²) in [6.07, 6.45) is 2.84. The van der Waals surface area contributed by atoms with Crippen LogP contribution in [0.2, 0.25) is 0 Å². The van der Waals surface area contributed by atoms with Gasteiger partial charge in [-0.15, -0.1) is 0 Å². The molecule has 0 radical (unpaired) electrons. The van der Waals surface area contributed by atoms with Crippen LogP contribution in [0.4, 0.5) is 14.9 Å². The van der Waals surface area contributed by atoms with E-state index >= 15 is 4.39 Å². The highest BCUT2D eigenvalue weighted by atomic mass is 79.9. The van der Waals surface area contributed by atoms with Gasteiger partial charge in [0.1, 0.15) is 11.9 Å². The summed E-state index contributed by atoms with van der Waals surface area (Å²) in [5, 5.41) is 5.04. The molecule has 1 fully saturated rings. The Morgan fingerprint density at radius 1 is 1.06 bits per heavy atom. The molecule has 1 atom stereocenters. The SMILES string of the molecule is CC(=O)NC[C@H]1CN(c2ccc(-c3cc[n+](Cc4ccc5ccccc5c4)cc3)c(F)c2)C(=O)O1.[Br-]. The van der Waals surface area contributed by atoms with Gasteiger partial charge in [-0.1, -0.05) is 36.4 Å². The minimum Gasteiger partial charge on any atom is -1.00 e. The number of aromatic nitrogens is 1. The number of rotatable bonds is 6. The molecule has 1 N–H and O–H groups in total. The van der Waals surface area contributed by atoms with Gasteiger partial charge in [0.25, 0.3) is 0 Å². The van der Waals surface area contributed by atoms with E-state index in [1.54, 1.807) is 12.1 Å². The van der Waals surface area contributed by atoms with Crippen molar-refractivity contribution in [3.8, 4) is 11.1 Å². The van der Waals surface area contributed by atoms with Crippen LogP contribution in [0.25, 0.3) is 21.9 Å². The first kappa shape index (κ1) is 25.3. The number of benzene rings is 3. The minimum absolute atomic E-state index is 0. The zero-order valence-corrected chi connectivity index (χ0v) is 21.2. The highest BCUT2D eigenvalue weighted by Crippen LogP contribution is 2.28. The molecule has 1 aliphatic heterocycles. The third-order valence-corrected chi connectivity index (χ3v) is 6.10. The largest absolute Gasteiger partial charge is 1.00 e. The van der Waals surface area contributed by atoms with Crippen LogP contribution < -0.4 is 31.8 Å². The van der Waals surface area contributed by atoms with Crippen molar-refractivity contribution in [2.75, 3.05) is 18.0 Å². The maximum atomic E-state index is 15.0. The average Bonchev–Trinajstić information content (AvgIpc) is 3.24. The fourth-order valence-electron chi connectivity index (χ4n) is 4.29. The number of anilines is 1. The van der Waals surface area contributed by atoms with E-state index < -0.39 is 18.0 Å². The summed E-state index contributed by atoms with van der Waals surface area (Å²) in [5.74, 6) is -0.621. The Morgan fingerprint density at radius 3 is 2.53 bits per heavy atom. The number of ether oxygens (including phenoxy) is 1. The van der Waals surface area contributed by atoms with E-state index in [0.29, 0.717) is 17.8 Å². The molecule has 1 aliphatic rings. The number of fused-ring (bicyclic) bond motifs is 1. The van der Waals surface area contributed by atoms with Gasteiger partial charge in [-0.3, -0.25) is 9.69 Å². The smallest absolute Gasteiger partial charge is 0.414 e. The molecule has 0 aliphatic carbocycles. The van der Waals surface area contributed by atoms with Crippen LogP contribution in [0.5, 0.6) is 0 Å². The Kier molecular flexibility index (Phi) is 7.64. The molecule has 1 aromatic heterocycles. The molecule has 184 valence electrons. The van der Waals surface area contributed by atoms with Crippen molar-refractivity contribution in [1.82, 2.24) is 5.32 Å². The summed E-state index contributed by atoms with van der Waals surface area (Å²) in [5.41, 5.74) is 2.81. The quantitative estimate of drug-likeness (QED) is 0.370. The predicted octanol–water partition coefficient (Wildman–Crippen LogP) is 1.45. The molecule has 1 saturated heterocycles. The normalized spacial score (nSPS) is 14.9. The third-order valence-electron chi connectivity index (χ3n) is 6.10. The molecule has 0 bridgehead atoms. The van der Waals surface area contributed by atoms with Gasteiger partial charge in [-0.2, -0.15) is 0 Å². The van der Waals surface area contributed by atoms with E-state index in [1.165, 1.54) is 34.2 Å². The molecule has 4 aromatic rings. The summed E-state index contributed by atoms with van der Waals surface area (Å²) in [6, 6.07) is 23.2. The lowest BCUT2D eigenvalue weighted by atomic mass is 10.1. The highest BCUT2D eigenvalue weighted by Gasteiger charge is 2.32. The Labute approximate surface area is 219 Å². The van der Waals surface area contributed by atoms with Crippen molar-refractivity contribution >= 4 is 28.5 Å². The van der Waals surface area contributed by atoms with Gasteiger partial charge in [0.2, 0.25) is 5.91 Å². The van der Waals surface area contributed by atoms with Crippen molar-refractivity contribution < 1.29 is 40.3 Å². The summed E-state index contributed by atoms with van der Waals surface area (Å²) >= 11 is 0. The van der Waals surface area contributed by atoms with E-state index in [1.807, 2.05) is 36.7 Å². The maximum absolute atomic E-state index is 15.0. The van der Waals surface area contributed by atoms with Crippen molar-refractivity contribution in [2.24, 2.45) is 0 Å². The Balaban J connectivity index is 0.00000304. The number of hydrogen-bond acceptors (Lipinski definition) is 3. The number of carbonyl (C=O) groups excluding carboxylic acids is 2. The van der Waals surface area contributed by atoms with Crippen LogP contribution >= 0.6 is 0 Å². The predicted molar refractivity (Wildman–Crippen MR) is 131 cm³/mol. The third kappa shape index (κ3) is 5.54. The molecule has 5 rings (SSSR count). The van der Waals surface area contributed by atoms with Crippen LogP contribution in [0.15, 0.2) is 85.2 Å². The van der Waals surface area contributed by atoms with Gasteiger partial charge < -0.3 is 27.0 Å². The second-order valence-electron chi connectivity index (χ2n) is 8.66.